The number of thioether (sulfide) groups is 1. The summed E-state index contributed by atoms with van der Waals surface area (Å²) in [7, 11) is 0. The van der Waals surface area contributed by atoms with Gasteiger partial charge in [0.1, 0.15) is 0 Å². The Labute approximate surface area is 105 Å². The van der Waals surface area contributed by atoms with Crippen LogP contribution in [-0.2, 0) is 15.7 Å². The van der Waals surface area contributed by atoms with Crippen molar-refractivity contribution in [1.29, 1.82) is 0 Å². The van der Waals surface area contributed by atoms with Crippen molar-refractivity contribution in [2.24, 2.45) is 0 Å². The fraction of sp³-hybridized carbons (Fsp3) is 0.364. The molecule has 0 aliphatic heterocycles. The number of ether oxygens (including phenoxy) is 1. The summed E-state index contributed by atoms with van der Waals surface area (Å²) >= 11 is 0.381. The van der Waals surface area contributed by atoms with Crippen molar-refractivity contribution in [3.05, 3.63) is 29.8 Å². The second kappa shape index (κ2) is 6.08. The van der Waals surface area contributed by atoms with Gasteiger partial charge in [0.05, 0.1) is 12.2 Å². The first kappa shape index (κ1) is 14.8. The van der Waals surface area contributed by atoms with Crippen LogP contribution in [0.3, 0.4) is 0 Å². The minimum atomic E-state index is -4.49. The van der Waals surface area contributed by atoms with Gasteiger partial charge in [0.15, 0.2) is 0 Å². The fourth-order valence-corrected chi connectivity index (χ4v) is 1.88. The van der Waals surface area contributed by atoms with Crippen LogP contribution in [0.2, 0.25) is 0 Å². The molecule has 0 aromatic heterocycles. The Bertz CT molecular complexity index is 420. The highest BCUT2D eigenvalue weighted by atomic mass is 32.2. The van der Waals surface area contributed by atoms with Crippen LogP contribution in [0, 0.1) is 0 Å². The van der Waals surface area contributed by atoms with Crippen LogP contribution in [0.25, 0.3) is 0 Å². The summed E-state index contributed by atoms with van der Waals surface area (Å²) in [5.74, 6) is -1.10. The molecule has 0 fully saturated rings. The van der Waals surface area contributed by atoms with Gasteiger partial charge in [-0.05, 0) is 25.1 Å². The smallest absolute Gasteiger partial charge is 0.416 e. The summed E-state index contributed by atoms with van der Waals surface area (Å²) in [6.45, 7) is 1.53. The molecule has 7 heteroatoms. The van der Waals surface area contributed by atoms with Gasteiger partial charge in [0, 0.05) is 4.90 Å². The molecular weight excluding hydrogens is 272 g/mol. The Morgan fingerprint density at radius 3 is 2.67 bits per heavy atom. The van der Waals surface area contributed by atoms with Crippen LogP contribution in [0.1, 0.15) is 12.5 Å². The van der Waals surface area contributed by atoms with Gasteiger partial charge in [-0.1, -0.05) is 17.8 Å². The van der Waals surface area contributed by atoms with Crippen LogP contribution in [0.5, 0.6) is 0 Å². The lowest BCUT2D eigenvalue weighted by molar-refractivity contribution is -0.145. The average molecular weight is 282 g/mol. The Morgan fingerprint density at radius 1 is 1.44 bits per heavy atom. The van der Waals surface area contributed by atoms with Gasteiger partial charge in [0.2, 0.25) is 5.50 Å². The van der Waals surface area contributed by atoms with Crippen molar-refractivity contribution < 1.29 is 27.1 Å². The first-order chi connectivity index (χ1) is 8.34. The number of carbonyl (C=O) groups is 1. The van der Waals surface area contributed by atoms with E-state index in [4.69, 9.17) is 0 Å². The Hall–Kier alpha value is -1.24. The molecule has 1 atom stereocenters. The summed E-state index contributed by atoms with van der Waals surface area (Å²) in [6, 6.07) is 4.12. The zero-order chi connectivity index (χ0) is 13.8. The molecule has 0 aliphatic carbocycles. The molecule has 100 valence electrons. The topological polar surface area (TPSA) is 26.3 Å². The molecule has 0 saturated heterocycles. The third-order valence-electron chi connectivity index (χ3n) is 1.87. The molecule has 0 aliphatic rings. The zero-order valence-corrected chi connectivity index (χ0v) is 10.1. The Kier molecular flexibility index (Phi) is 5.01. The molecule has 0 amide bonds. The van der Waals surface area contributed by atoms with Gasteiger partial charge in [-0.2, -0.15) is 13.2 Å². The molecule has 0 bridgehead atoms. The lowest BCUT2D eigenvalue weighted by Gasteiger charge is -2.10. The van der Waals surface area contributed by atoms with Gasteiger partial charge in [-0.3, -0.25) is 0 Å². The van der Waals surface area contributed by atoms with E-state index in [0.717, 1.165) is 18.2 Å². The number of alkyl halides is 4. The van der Waals surface area contributed by atoms with Gasteiger partial charge < -0.3 is 4.74 Å². The predicted molar refractivity (Wildman–Crippen MR) is 58.8 cm³/mol. The summed E-state index contributed by atoms with van der Waals surface area (Å²) in [6.07, 6.45) is -4.49. The minimum Gasteiger partial charge on any atom is -0.463 e. The number of carbonyl (C=O) groups excluding carboxylic acids is 1. The van der Waals surface area contributed by atoms with E-state index in [2.05, 4.69) is 4.74 Å². The maximum Gasteiger partial charge on any atom is 0.416 e. The maximum absolute atomic E-state index is 13.3. The summed E-state index contributed by atoms with van der Waals surface area (Å²) in [4.78, 5) is 11.0. The van der Waals surface area contributed by atoms with E-state index in [-0.39, 0.29) is 11.5 Å². The molecule has 0 N–H and O–H groups in total. The van der Waals surface area contributed by atoms with Gasteiger partial charge >= 0.3 is 12.1 Å². The van der Waals surface area contributed by atoms with E-state index < -0.39 is 23.2 Å². The lowest BCUT2D eigenvalue weighted by atomic mass is 10.2. The SMILES string of the molecule is CCOC(=O)C(F)Sc1cccc(C(F)(F)F)c1. The fourth-order valence-electron chi connectivity index (χ4n) is 1.12. The summed E-state index contributed by atoms with van der Waals surface area (Å²) < 4.78 is 54.9. The van der Waals surface area contributed by atoms with Crippen molar-refractivity contribution in [3.8, 4) is 0 Å². The van der Waals surface area contributed by atoms with Crippen molar-refractivity contribution in [2.75, 3.05) is 6.61 Å². The molecule has 18 heavy (non-hydrogen) atoms. The quantitative estimate of drug-likeness (QED) is 0.479. The number of hydrogen-bond donors (Lipinski definition) is 0. The van der Waals surface area contributed by atoms with E-state index in [0.29, 0.717) is 11.8 Å². The molecule has 0 radical (unpaired) electrons. The highest BCUT2D eigenvalue weighted by Crippen LogP contribution is 2.33. The van der Waals surface area contributed by atoms with Crippen molar-refractivity contribution in [2.45, 2.75) is 23.5 Å². The highest BCUT2D eigenvalue weighted by Gasteiger charge is 2.31. The molecule has 0 spiro atoms. The van der Waals surface area contributed by atoms with Gasteiger partial charge in [0.25, 0.3) is 0 Å². The van der Waals surface area contributed by atoms with E-state index in [1.807, 2.05) is 0 Å². The number of esters is 1. The molecule has 2 nitrogen and oxygen atoms in total. The number of benzene rings is 1. The molecular formula is C11H10F4O2S. The number of halogens is 4. The predicted octanol–water partition coefficient (Wildman–Crippen LogP) is 3.66. The average Bonchev–Trinajstić information content (AvgIpc) is 2.28. The first-order valence-electron chi connectivity index (χ1n) is 4.99. The van der Waals surface area contributed by atoms with Crippen molar-refractivity contribution in [3.63, 3.8) is 0 Å². The molecule has 1 aromatic rings. The molecule has 1 unspecified atom stereocenters. The van der Waals surface area contributed by atoms with Crippen molar-refractivity contribution in [1.82, 2.24) is 0 Å². The van der Waals surface area contributed by atoms with E-state index >= 15 is 0 Å². The third-order valence-corrected chi connectivity index (χ3v) is 2.80. The normalized spacial score (nSPS) is 13.2. The van der Waals surface area contributed by atoms with Crippen LogP contribution >= 0.6 is 11.8 Å². The molecule has 1 aromatic carbocycles. The van der Waals surface area contributed by atoms with E-state index in [1.54, 1.807) is 0 Å². The third kappa shape index (κ3) is 4.21. The molecule has 1 rings (SSSR count). The maximum atomic E-state index is 13.3. The highest BCUT2D eigenvalue weighted by molar-refractivity contribution is 8.00. The lowest BCUT2D eigenvalue weighted by Crippen LogP contribution is -2.15. The van der Waals surface area contributed by atoms with Crippen LogP contribution in [0.15, 0.2) is 29.2 Å². The number of hydrogen-bond acceptors (Lipinski definition) is 3. The molecule has 0 saturated carbocycles. The standard InChI is InChI=1S/C11H10F4O2S/c1-2-17-10(16)9(12)18-8-5-3-4-7(6-8)11(13,14)15/h3-6,9H,2H2,1H3. The van der Waals surface area contributed by atoms with Crippen LogP contribution in [0.4, 0.5) is 17.6 Å². The van der Waals surface area contributed by atoms with Gasteiger partial charge in [-0.25, -0.2) is 9.18 Å². The second-order valence-corrected chi connectivity index (χ2v) is 4.33. The Morgan fingerprint density at radius 2 is 2.11 bits per heavy atom. The van der Waals surface area contributed by atoms with Crippen LogP contribution < -0.4 is 0 Å². The van der Waals surface area contributed by atoms with E-state index in [9.17, 15) is 22.4 Å². The molecule has 0 heterocycles. The van der Waals surface area contributed by atoms with E-state index in [1.165, 1.54) is 13.0 Å². The largest absolute Gasteiger partial charge is 0.463 e. The van der Waals surface area contributed by atoms with Crippen molar-refractivity contribution >= 4 is 17.7 Å². The number of rotatable bonds is 4. The monoisotopic (exact) mass is 282 g/mol. The zero-order valence-electron chi connectivity index (χ0n) is 9.33. The second-order valence-electron chi connectivity index (χ2n) is 3.21. The van der Waals surface area contributed by atoms with Crippen LogP contribution in [-0.4, -0.2) is 18.1 Å². The first-order valence-corrected chi connectivity index (χ1v) is 5.87. The minimum absolute atomic E-state index is 0.0163. The van der Waals surface area contributed by atoms with Gasteiger partial charge in [-0.15, -0.1) is 0 Å². The summed E-state index contributed by atoms with van der Waals surface area (Å²) in [5.41, 5.74) is -2.92. The summed E-state index contributed by atoms with van der Waals surface area (Å²) in [5, 5.41) is 0. The Balaban J connectivity index is 2.76.